The van der Waals surface area contributed by atoms with Gasteiger partial charge in [-0.3, -0.25) is 4.68 Å². The number of hydrogen-bond donors (Lipinski definition) is 1. The van der Waals surface area contributed by atoms with Crippen LogP contribution < -0.4 is 10.6 Å². The smallest absolute Gasteiger partial charge is 0.158 e. The highest BCUT2D eigenvalue weighted by molar-refractivity contribution is 5.71. The van der Waals surface area contributed by atoms with Crippen LogP contribution in [0.2, 0.25) is 0 Å². The van der Waals surface area contributed by atoms with E-state index >= 15 is 0 Å². The third-order valence-corrected chi connectivity index (χ3v) is 6.36. The zero-order chi connectivity index (χ0) is 19.1. The molecule has 1 fully saturated rings. The number of anilines is 2. The number of aryl methyl sites for hydroxylation is 4. The summed E-state index contributed by atoms with van der Waals surface area (Å²) in [7, 11) is 2.14. The van der Waals surface area contributed by atoms with Gasteiger partial charge in [0.1, 0.15) is 0 Å². The predicted octanol–water partition coefficient (Wildman–Crippen LogP) is 4.66. The Morgan fingerprint density at radius 3 is 2.52 bits per heavy atom. The van der Waals surface area contributed by atoms with Gasteiger partial charge >= 0.3 is 0 Å². The Bertz CT molecular complexity index is 808. The molecule has 0 bridgehead atoms. The minimum atomic E-state index is 0.559. The van der Waals surface area contributed by atoms with Gasteiger partial charge in [-0.05, 0) is 70.0 Å². The zero-order valence-corrected chi connectivity index (χ0v) is 17.4. The van der Waals surface area contributed by atoms with Gasteiger partial charge in [-0.25, -0.2) is 0 Å². The zero-order valence-electron chi connectivity index (χ0n) is 17.4. The Morgan fingerprint density at radius 2 is 1.89 bits per heavy atom. The van der Waals surface area contributed by atoms with E-state index in [0.29, 0.717) is 5.92 Å². The Hall–Kier alpha value is -1.81. The van der Waals surface area contributed by atoms with Crippen molar-refractivity contribution in [2.45, 2.75) is 65.2 Å². The largest absolute Gasteiger partial charge is 0.330 e. The molecule has 0 radical (unpaired) electrons. The SMILES string of the molecule is Cc1cc(C)c(N2CCCc3c2nn(C)c3C(CCN)CC2CC2)c(C)c1. The molecule has 0 spiro atoms. The maximum absolute atomic E-state index is 5.99. The molecule has 0 saturated heterocycles. The van der Waals surface area contributed by atoms with Gasteiger partial charge in [-0.1, -0.05) is 30.5 Å². The van der Waals surface area contributed by atoms with Crippen molar-refractivity contribution in [1.29, 1.82) is 0 Å². The Labute approximate surface area is 163 Å². The van der Waals surface area contributed by atoms with Crippen molar-refractivity contribution < 1.29 is 0 Å². The van der Waals surface area contributed by atoms with E-state index in [1.165, 1.54) is 65.1 Å². The molecule has 2 aromatic rings. The molecule has 2 heterocycles. The fourth-order valence-electron chi connectivity index (χ4n) is 5.19. The lowest BCUT2D eigenvalue weighted by Gasteiger charge is -2.31. The molecular formula is C23H34N4. The highest BCUT2D eigenvalue weighted by Crippen LogP contribution is 2.44. The third kappa shape index (κ3) is 3.52. The molecule has 27 heavy (non-hydrogen) atoms. The number of nitrogens with zero attached hydrogens (tertiary/aromatic N) is 3. The van der Waals surface area contributed by atoms with E-state index in [-0.39, 0.29) is 0 Å². The summed E-state index contributed by atoms with van der Waals surface area (Å²) in [5.74, 6) is 2.66. The number of fused-ring (bicyclic) bond motifs is 1. The van der Waals surface area contributed by atoms with Gasteiger partial charge in [0.25, 0.3) is 0 Å². The van der Waals surface area contributed by atoms with Crippen LogP contribution in [-0.4, -0.2) is 22.9 Å². The molecule has 2 N–H and O–H groups in total. The number of nitrogens with two attached hydrogens (primary N) is 1. The molecule has 1 aliphatic heterocycles. The number of aromatic nitrogens is 2. The summed E-state index contributed by atoms with van der Waals surface area (Å²) in [4.78, 5) is 2.48. The molecule has 4 heteroatoms. The number of rotatable bonds is 6. The maximum atomic E-state index is 5.99. The van der Waals surface area contributed by atoms with E-state index in [1.807, 2.05) is 0 Å². The minimum Gasteiger partial charge on any atom is -0.330 e. The van der Waals surface area contributed by atoms with Gasteiger partial charge in [0.05, 0.1) is 0 Å². The summed E-state index contributed by atoms with van der Waals surface area (Å²) in [5.41, 5.74) is 14.3. The van der Waals surface area contributed by atoms with Gasteiger partial charge in [0.15, 0.2) is 5.82 Å². The second kappa shape index (κ2) is 7.31. The molecule has 1 saturated carbocycles. The van der Waals surface area contributed by atoms with E-state index in [2.05, 4.69) is 49.5 Å². The standard InChI is InChI=1S/C23H34N4/c1-15-12-16(2)21(17(3)13-15)27-11-5-6-20-22(26(4)25-23(20)27)19(9-10-24)14-18-7-8-18/h12-13,18-19H,5-11,14,24H2,1-4H3. The Kier molecular flexibility index (Phi) is 5.02. The van der Waals surface area contributed by atoms with Crippen LogP contribution in [0.1, 0.15) is 66.0 Å². The maximum Gasteiger partial charge on any atom is 0.158 e. The average molecular weight is 367 g/mol. The summed E-state index contributed by atoms with van der Waals surface area (Å²) in [5, 5.41) is 5.05. The van der Waals surface area contributed by atoms with Crippen LogP contribution in [0.25, 0.3) is 0 Å². The molecular weight excluding hydrogens is 332 g/mol. The number of hydrogen-bond acceptors (Lipinski definition) is 3. The van der Waals surface area contributed by atoms with Crippen molar-refractivity contribution in [1.82, 2.24) is 9.78 Å². The van der Waals surface area contributed by atoms with Crippen LogP contribution in [0.15, 0.2) is 12.1 Å². The lowest BCUT2D eigenvalue weighted by molar-refractivity contribution is 0.504. The van der Waals surface area contributed by atoms with Crippen molar-refractivity contribution in [2.24, 2.45) is 18.7 Å². The molecule has 4 nitrogen and oxygen atoms in total. The fraction of sp³-hybridized carbons (Fsp3) is 0.609. The highest BCUT2D eigenvalue weighted by atomic mass is 15.4. The molecule has 1 aromatic carbocycles. The first-order valence-electron chi connectivity index (χ1n) is 10.6. The van der Waals surface area contributed by atoms with Crippen LogP contribution >= 0.6 is 0 Å². The van der Waals surface area contributed by atoms with Crippen LogP contribution in [0, 0.1) is 26.7 Å². The summed E-state index contributed by atoms with van der Waals surface area (Å²) in [6.07, 6.45) is 7.49. The van der Waals surface area contributed by atoms with Crippen molar-refractivity contribution in [3.05, 3.63) is 40.1 Å². The summed E-state index contributed by atoms with van der Waals surface area (Å²) in [6.45, 7) is 8.46. The van der Waals surface area contributed by atoms with Gasteiger partial charge in [0, 0.05) is 36.5 Å². The summed E-state index contributed by atoms with van der Waals surface area (Å²) >= 11 is 0. The van der Waals surface area contributed by atoms with E-state index in [9.17, 15) is 0 Å². The van der Waals surface area contributed by atoms with Gasteiger partial charge in [0.2, 0.25) is 0 Å². The normalized spacial score (nSPS) is 17.9. The van der Waals surface area contributed by atoms with E-state index in [0.717, 1.165) is 31.8 Å². The number of benzene rings is 1. The summed E-state index contributed by atoms with van der Waals surface area (Å²) in [6, 6.07) is 4.59. The molecule has 1 aliphatic carbocycles. The predicted molar refractivity (Wildman–Crippen MR) is 113 cm³/mol. The van der Waals surface area contributed by atoms with Crippen LogP contribution in [0.3, 0.4) is 0 Å². The monoisotopic (exact) mass is 366 g/mol. The Morgan fingerprint density at radius 1 is 1.19 bits per heavy atom. The van der Waals surface area contributed by atoms with Crippen molar-refractivity contribution in [3.8, 4) is 0 Å². The molecule has 2 aliphatic rings. The topological polar surface area (TPSA) is 47.1 Å². The van der Waals surface area contributed by atoms with E-state index in [4.69, 9.17) is 10.8 Å². The van der Waals surface area contributed by atoms with Crippen molar-refractivity contribution in [2.75, 3.05) is 18.0 Å². The first-order chi connectivity index (χ1) is 13.0. The minimum absolute atomic E-state index is 0.559. The first kappa shape index (κ1) is 18.5. The Balaban J connectivity index is 1.76. The quantitative estimate of drug-likeness (QED) is 0.809. The summed E-state index contributed by atoms with van der Waals surface area (Å²) < 4.78 is 2.17. The molecule has 1 unspecified atom stereocenters. The average Bonchev–Trinajstić information content (AvgIpc) is 3.34. The van der Waals surface area contributed by atoms with Crippen molar-refractivity contribution in [3.63, 3.8) is 0 Å². The molecule has 4 rings (SSSR count). The first-order valence-corrected chi connectivity index (χ1v) is 10.6. The third-order valence-electron chi connectivity index (χ3n) is 6.36. The molecule has 0 amide bonds. The molecule has 1 aromatic heterocycles. The van der Waals surface area contributed by atoms with Crippen LogP contribution in [0.4, 0.5) is 11.5 Å². The highest BCUT2D eigenvalue weighted by Gasteiger charge is 2.33. The second-order valence-corrected chi connectivity index (χ2v) is 8.77. The molecule has 1 atom stereocenters. The second-order valence-electron chi connectivity index (χ2n) is 8.77. The van der Waals surface area contributed by atoms with E-state index < -0.39 is 0 Å². The fourth-order valence-corrected chi connectivity index (χ4v) is 5.19. The lowest BCUT2D eigenvalue weighted by Crippen LogP contribution is -2.26. The van der Waals surface area contributed by atoms with Gasteiger partial charge in [-0.15, -0.1) is 0 Å². The van der Waals surface area contributed by atoms with E-state index in [1.54, 1.807) is 0 Å². The van der Waals surface area contributed by atoms with Gasteiger partial charge < -0.3 is 10.6 Å². The van der Waals surface area contributed by atoms with Crippen LogP contribution in [-0.2, 0) is 13.5 Å². The van der Waals surface area contributed by atoms with Gasteiger partial charge in [-0.2, -0.15) is 5.10 Å². The van der Waals surface area contributed by atoms with Crippen molar-refractivity contribution >= 4 is 11.5 Å². The van der Waals surface area contributed by atoms with Crippen LogP contribution in [0.5, 0.6) is 0 Å². The molecule has 146 valence electrons. The lowest BCUT2D eigenvalue weighted by atomic mass is 9.89.